The van der Waals surface area contributed by atoms with Gasteiger partial charge in [-0.15, -0.1) is 0 Å². The third kappa shape index (κ3) is 3.75. The van der Waals surface area contributed by atoms with Crippen LogP contribution in [0.5, 0.6) is 0 Å². The smallest absolute Gasteiger partial charge is 0.139 e. The Morgan fingerprint density at radius 1 is 0.920 bits per heavy atom. The number of hydrogen-bond donors (Lipinski definition) is 0. The minimum atomic E-state index is 0.711. The van der Waals surface area contributed by atoms with E-state index in [0.717, 1.165) is 55.9 Å². The van der Waals surface area contributed by atoms with Gasteiger partial charge in [0.05, 0.1) is 5.52 Å². The molecule has 25 heavy (non-hydrogen) atoms. The number of aromatic nitrogens is 2. The summed E-state index contributed by atoms with van der Waals surface area (Å²) in [6.07, 6.45) is 2.74. The van der Waals surface area contributed by atoms with Gasteiger partial charge in [-0.3, -0.25) is 4.90 Å². The maximum absolute atomic E-state index is 6.08. The van der Waals surface area contributed by atoms with E-state index in [9.17, 15) is 0 Å². The van der Waals surface area contributed by atoms with Gasteiger partial charge >= 0.3 is 0 Å². The van der Waals surface area contributed by atoms with Gasteiger partial charge < -0.3 is 4.90 Å². The highest BCUT2D eigenvalue weighted by atomic mass is 35.5. The minimum absolute atomic E-state index is 0.711. The molecule has 4 rings (SSSR count). The van der Waals surface area contributed by atoms with Crippen molar-refractivity contribution in [2.75, 3.05) is 37.6 Å². The Balaban J connectivity index is 1.40. The highest BCUT2D eigenvalue weighted by Gasteiger charge is 2.19. The molecule has 0 radical (unpaired) electrons. The predicted octanol–water partition coefficient (Wildman–Crippen LogP) is 3.65. The Kier molecular flexibility index (Phi) is 4.81. The molecule has 0 aliphatic carbocycles. The first kappa shape index (κ1) is 16.3. The summed E-state index contributed by atoms with van der Waals surface area (Å²) >= 11 is 6.08. The number of fused-ring (bicyclic) bond motifs is 1. The predicted molar refractivity (Wildman–Crippen MR) is 103 cm³/mol. The molecule has 0 spiro atoms. The van der Waals surface area contributed by atoms with Crippen LogP contribution in [0.1, 0.15) is 5.56 Å². The van der Waals surface area contributed by atoms with E-state index >= 15 is 0 Å². The van der Waals surface area contributed by atoms with Gasteiger partial charge in [0.15, 0.2) is 0 Å². The molecule has 1 fully saturated rings. The Morgan fingerprint density at radius 3 is 2.52 bits per heavy atom. The lowest BCUT2D eigenvalue weighted by Crippen LogP contribution is -2.47. The number of benzene rings is 2. The molecule has 0 bridgehead atoms. The Labute approximate surface area is 153 Å². The van der Waals surface area contributed by atoms with Crippen LogP contribution in [0.2, 0.25) is 5.02 Å². The molecule has 5 heteroatoms. The highest BCUT2D eigenvalue weighted by Crippen LogP contribution is 2.26. The third-order valence-corrected chi connectivity index (χ3v) is 5.04. The Hall–Kier alpha value is -2.17. The van der Waals surface area contributed by atoms with E-state index in [0.29, 0.717) is 5.02 Å². The minimum Gasteiger partial charge on any atom is -0.353 e. The van der Waals surface area contributed by atoms with E-state index in [4.69, 9.17) is 11.6 Å². The molecule has 1 aliphatic rings. The van der Waals surface area contributed by atoms with Crippen LogP contribution in [-0.4, -0.2) is 47.6 Å². The van der Waals surface area contributed by atoms with Crippen LogP contribution < -0.4 is 4.90 Å². The van der Waals surface area contributed by atoms with E-state index < -0.39 is 0 Å². The molecule has 1 saturated heterocycles. The van der Waals surface area contributed by atoms with E-state index in [2.05, 4.69) is 50.1 Å². The Bertz CT molecular complexity index is 845. The van der Waals surface area contributed by atoms with Gasteiger partial charge in [0.2, 0.25) is 0 Å². The maximum atomic E-state index is 6.08. The van der Waals surface area contributed by atoms with Crippen molar-refractivity contribution in [3.05, 3.63) is 65.4 Å². The van der Waals surface area contributed by atoms with Crippen molar-refractivity contribution in [1.29, 1.82) is 0 Å². The molecule has 0 saturated carbocycles. The number of anilines is 1. The molecule has 1 aliphatic heterocycles. The number of nitrogens with zero attached hydrogens (tertiary/aromatic N) is 4. The average Bonchev–Trinajstić information content (AvgIpc) is 2.67. The van der Waals surface area contributed by atoms with Crippen molar-refractivity contribution in [1.82, 2.24) is 14.9 Å². The summed E-state index contributed by atoms with van der Waals surface area (Å²) in [5.41, 5.74) is 2.31. The van der Waals surface area contributed by atoms with Crippen molar-refractivity contribution in [2.24, 2.45) is 0 Å². The topological polar surface area (TPSA) is 32.3 Å². The molecule has 0 unspecified atom stereocenters. The summed E-state index contributed by atoms with van der Waals surface area (Å²) in [6, 6.07) is 16.5. The normalized spacial score (nSPS) is 15.6. The van der Waals surface area contributed by atoms with Crippen LogP contribution in [0.3, 0.4) is 0 Å². The first-order chi connectivity index (χ1) is 12.3. The number of rotatable bonds is 4. The van der Waals surface area contributed by atoms with E-state index in [-0.39, 0.29) is 0 Å². The molecule has 3 aromatic rings. The second-order valence-corrected chi connectivity index (χ2v) is 6.86. The number of piperazine rings is 1. The molecule has 0 amide bonds. The molecular formula is C20H21ClN4. The van der Waals surface area contributed by atoms with Gasteiger partial charge in [0, 0.05) is 43.1 Å². The van der Waals surface area contributed by atoms with E-state index in [1.54, 1.807) is 6.33 Å². The van der Waals surface area contributed by atoms with Gasteiger partial charge in [-0.1, -0.05) is 41.9 Å². The van der Waals surface area contributed by atoms with Crippen molar-refractivity contribution in [3.8, 4) is 0 Å². The summed E-state index contributed by atoms with van der Waals surface area (Å²) in [6.45, 7) is 5.21. The van der Waals surface area contributed by atoms with Crippen molar-refractivity contribution in [3.63, 3.8) is 0 Å². The van der Waals surface area contributed by atoms with Crippen molar-refractivity contribution in [2.45, 2.75) is 6.42 Å². The van der Waals surface area contributed by atoms with Crippen molar-refractivity contribution >= 4 is 28.3 Å². The fourth-order valence-corrected chi connectivity index (χ4v) is 3.55. The maximum Gasteiger partial charge on any atom is 0.139 e. The lowest BCUT2D eigenvalue weighted by Gasteiger charge is -2.35. The fraction of sp³-hybridized carbons (Fsp3) is 0.300. The highest BCUT2D eigenvalue weighted by molar-refractivity contribution is 6.31. The monoisotopic (exact) mass is 352 g/mol. The quantitative estimate of drug-likeness (QED) is 0.717. The van der Waals surface area contributed by atoms with Crippen LogP contribution in [0.25, 0.3) is 10.9 Å². The standard InChI is InChI=1S/C20H21ClN4/c21-17-6-7-18-19(14-17)22-15-23-20(18)25-12-10-24(11-13-25)9-8-16-4-2-1-3-5-16/h1-7,14-15H,8-13H2. The molecular weight excluding hydrogens is 332 g/mol. The molecule has 4 nitrogen and oxygen atoms in total. The zero-order valence-electron chi connectivity index (χ0n) is 14.1. The van der Waals surface area contributed by atoms with Gasteiger partial charge in [0.25, 0.3) is 0 Å². The number of halogens is 1. The van der Waals surface area contributed by atoms with Gasteiger partial charge in [-0.2, -0.15) is 0 Å². The molecule has 0 atom stereocenters. The third-order valence-electron chi connectivity index (χ3n) is 4.81. The zero-order valence-corrected chi connectivity index (χ0v) is 14.9. The summed E-state index contributed by atoms with van der Waals surface area (Å²) in [7, 11) is 0. The Morgan fingerprint density at radius 2 is 1.72 bits per heavy atom. The molecule has 128 valence electrons. The summed E-state index contributed by atoms with van der Waals surface area (Å²) in [5.74, 6) is 1.02. The van der Waals surface area contributed by atoms with Gasteiger partial charge in [0.1, 0.15) is 12.1 Å². The van der Waals surface area contributed by atoms with E-state index in [1.807, 2.05) is 18.2 Å². The first-order valence-electron chi connectivity index (χ1n) is 8.71. The molecule has 2 aromatic carbocycles. The largest absolute Gasteiger partial charge is 0.353 e. The molecule has 0 N–H and O–H groups in total. The second-order valence-electron chi connectivity index (χ2n) is 6.42. The fourth-order valence-electron chi connectivity index (χ4n) is 3.38. The SMILES string of the molecule is Clc1ccc2c(N3CCN(CCc4ccccc4)CC3)ncnc2c1. The van der Waals surface area contributed by atoms with Crippen LogP contribution in [-0.2, 0) is 6.42 Å². The van der Waals surface area contributed by atoms with Crippen LogP contribution in [0.15, 0.2) is 54.9 Å². The summed E-state index contributed by atoms with van der Waals surface area (Å²) in [5, 5.41) is 1.78. The van der Waals surface area contributed by atoms with Gasteiger partial charge in [-0.25, -0.2) is 9.97 Å². The molecule has 2 heterocycles. The summed E-state index contributed by atoms with van der Waals surface area (Å²) in [4.78, 5) is 13.8. The van der Waals surface area contributed by atoms with Crippen LogP contribution >= 0.6 is 11.6 Å². The van der Waals surface area contributed by atoms with Crippen LogP contribution in [0.4, 0.5) is 5.82 Å². The first-order valence-corrected chi connectivity index (χ1v) is 9.09. The van der Waals surface area contributed by atoms with Crippen molar-refractivity contribution < 1.29 is 0 Å². The lowest BCUT2D eigenvalue weighted by molar-refractivity contribution is 0.260. The molecule has 1 aromatic heterocycles. The van der Waals surface area contributed by atoms with Crippen LogP contribution in [0, 0.1) is 0 Å². The lowest BCUT2D eigenvalue weighted by atomic mass is 10.1. The van der Waals surface area contributed by atoms with Gasteiger partial charge in [-0.05, 0) is 30.2 Å². The second kappa shape index (κ2) is 7.38. The van der Waals surface area contributed by atoms with E-state index in [1.165, 1.54) is 5.56 Å². The summed E-state index contributed by atoms with van der Waals surface area (Å²) < 4.78 is 0. The number of hydrogen-bond acceptors (Lipinski definition) is 4. The average molecular weight is 353 g/mol. The zero-order chi connectivity index (χ0) is 17.1.